The van der Waals surface area contributed by atoms with E-state index in [0.717, 1.165) is 0 Å². The molecule has 0 aliphatic rings. The van der Waals surface area contributed by atoms with Crippen molar-refractivity contribution in [2.24, 2.45) is 0 Å². The molecule has 188 valence electrons. The Morgan fingerprint density at radius 2 is 1.73 bits per heavy atom. The van der Waals surface area contributed by atoms with E-state index < -0.39 is 29.3 Å². The molecule has 0 aliphatic carbocycles. The van der Waals surface area contributed by atoms with Crippen LogP contribution in [0.2, 0.25) is 0 Å². The molecule has 0 aliphatic heterocycles. The summed E-state index contributed by atoms with van der Waals surface area (Å²) in [6.07, 6.45) is 4.20. The number of nitrogens with zero attached hydrogens (tertiary/aromatic N) is 3. The highest BCUT2D eigenvalue weighted by Crippen LogP contribution is 2.21. The Balaban J connectivity index is 1.74. The minimum absolute atomic E-state index is 0.00558. The van der Waals surface area contributed by atoms with E-state index in [0.29, 0.717) is 22.4 Å². The molecule has 1 unspecified atom stereocenters. The number of benzene rings is 1. The van der Waals surface area contributed by atoms with Crippen LogP contribution in [0.5, 0.6) is 0 Å². The van der Waals surface area contributed by atoms with Gasteiger partial charge in [-0.1, -0.05) is 0 Å². The molecule has 4 aromatic rings. The van der Waals surface area contributed by atoms with Crippen molar-refractivity contribution in [1.82, 2.24) is 19.9 Å². The third kappa shape index (κ3) is 5.81. The summed E-state index contributed by atoms with van der Waals surface area (Å²) in [4.78, 5) is 46.6. The van der Waals surface area contributed by atoms with Crippen LogP contribution in [-0.2, 0) is 11.3 Å². The number of ketones is 1. The van der Waals surface area contributed by atoms with Crippen molar-refractivity contribution in [1.29, 1.82) is 0 Å². The molecule has 10 heteroatoms. The molecule has 37 heavy (non-hydrogen) atoms. The molecule has 0 spiro atoms. The van der Waals surface area contributed by atoms with E-state index in [1.807, 2.05) is 0 Å². The number of aromatic nitrogens is 3. The zero-order valence-electron chi connectivity index (χ0n) is 20.0. The molecule has 0 fully saturated rings. The third-order valence-corrected chi connectivity index (χ3v) is 5.79. The van der Waals surface area contributed by atoms with Crippen LogP contribution in [0.15, 0.2) is 78.0 Å². The van der Waals surface area contributed by atoms with Gasteiger partial charge < -0.3 is 15.2 Å². The van der Waals surface area contributed by atoms with Crippen LogP contribution in [0.25, 0.3) is 11.3 Å². The van der Waals surface area contributed by atoms with Gasteiger partial charge in [0, 0.05) is 35.3 Å². The lowest BCUT2D eigenvalue weighted by Gasteiger charge is -2.17. The second-order valence-corrected chi connectivity index (χ2v) is 8.31. The van der Waals surface area contributed by atoms with Crippen LogP contribution in [-0.4, -0.2) is 39.3 Å². The van der Waals surface area contributed by atoms with Crippen molar-refractivity contribution in [2.75, 3.05) is 12.4 Å². The Bertz CT molecular complexity index is 1500. The molecule has 0 saturated carbocycles. The first-order valence-electron chi connectivity index (χ1n) is 11.3. The maximum atomic E-state index is 13.5. The van der Waals surface area contributed by atoms with Crippen molar-refractivity contribution in [3.63, 3.8) is 0 Å². The molecule has 0 radical (unpaired) electrons. The van der Waals surface area contributed by atoms with Crippen LogP contribution in [0.3, 0.4) is 0 Å². The number of carbonyl (C=O) groups is 2. The van der Waals surface area contributed by atoms with Crippen LogP contribution in [0.4, 0.5) is 14.5 Å². The maximum Gasteiger partial charge on any atom is 0.275 e. The van der Waals surface area contributed by atoms with Crippen molar-refractivity contribution < 1.29 is 18.4 Å². The van der Waals surface area contributed by atoms with Gasteiger partial charge in [-0.25, -0.2) is 9.37 Å². The Hall–Kier alpha value is -4.57. The number of hydrogen-bond acceptors (Lipinski definition) is 6. The van der Waals surface area contributed by atoms with Crippen LogP contribution in [0.1, 0.15) is 28.4 Å². The first-order valence-corrected chi connectivity index (χ1v) is 11.3. The Morgan fingerprint density at radius 3 is 2.41 bits per heavy atom. The normalized spacial score (nSPS) is 11.7. The summed E-state index contributed by atoms with van der Waals surface area (Å²) in [7, 11) is 1.63. The molecule has 1 atom stereocenters. The summed E-state index contributed by atoms with van der Waals surface area (Å²) in [5.41, 5.74) is 1.52. The number of pyridine rings is 3. The van der Waals surface area contributed by atoms with Gasteiger partial charge in [0.2, 0.25) is 11.9 Å². The molecule has 4 rings (SSSR count). The highest BCUT2D eigenvalue weighted by molar-refractivity contribution is 6.08. The first kappa shape index (κ1) is 25.5. The number of rotatable bonds is 8. The summed E-state index contributed by atoms with van der Waals surface area (Å²) in [6.45, 7) is 1.65. The van der Waals surface area contributed by atoms with Crippen LogP contribution in [0, 0.1) is 11.8 Å². The van der Waals surface area contributed by atoms with Gasteiger partial charge in [-0.2, -0.15) is 4.39 Å². The second-order valence-electron chi connectivity index (χ2n) is 8.31. The summed E-state index contributed by atoms with van der Waals surface area (Å²) < 4.78 is 28.1. The quantitative estimate of drug-likeness (QED) is 0.282. The van der Waals surface area contributed by atoms with E-state index in [4.69, 9.17) is 0 Å². The summed E-state index contributed by atoms with van der Waals surface area (Å²) in [5.74, 6) is -1.87. The molecule has 3 aromatic heterocycles. The number of nitrogens with one attached hydrogen (secondary N) is 2. The summed E-state index contributed by atoms with van der Waals surface area (Å²) in [5, 5.41) is 5.43. The summed E-state index contributed by atoms with van der Waals surface area (Å²) >= 11 is 0. The smallest absolute Gasteiger partial charge is 0.275 e. The van der Waals surface area contributed by atoms with Gasteiger partial charge in [0.15, 0.2) is 5.78 Å². The maximum absolute atomic E-state index is 13.5. The van der Waals surface area contributed by atoms with Crippen molar-refractivity contribution >= 4 is 17.4 Å². The van der Waals surface area contributed by atoms with Gasteiger partial charge in [-0.3, -0.25) is 19.4 Å². The topological polar surface area (TPSA) is 106 Å². The second kappa shape index (κ2) is 11.0. The number of halogens is 2. The lowest BCUT2D eigenvalue weighted by molar-refractivity contribution is -0.117. The SMILES string of the molecule is CNC(C)C(=O)Nc1ccc(-c2ccc(F)nc2)n(Cc2cncc(C(=O)c3ccc(F)cc3)c2)c1=O. The van der Waals surface area contributed by atoms with E-state index in [1.165, 1.54) is 65.6 Å². The molecule has 2 N–H and O–H groups in total. The molecular weight excluding hydrogens is 480 g/mol. The fraction of sp³-hybridized carbons (Fsp3) is 0.148. The van der Waals surface area contributed by atoms with E-state index >= 15 is 0 Å². The number of anilines is 1. The highest BCUT2D eigenvalue weighted by atomic mass is 19.1. The fourth-order valence-electron chi connectivity index (χ4n) is 3.63. The largest absolute Gasteiger partial charge is 0.320 e. The molecule has 0 saturated heterocycles. The van der Waals surface area contributed by atoms with Crippen LogP contribution >= 0.6 is 0 Å². The van der Waals surface area contributed by atoms with Gasteiger partial charge in [0.1, 0.15) is 11.5 Å². The molecular formula is C27H23F2N5O3. The molecule has 8 nitrogen and oxygen atoms in total. The molecule has 1 amide bonds. The van der Waals surface area contributed by atoms with Crippen molar-refractivity contribution in [3.05, 3.63) is 112 Å². The predicted molar refractivity (Wildman–Crippen MR) is 134 cm³/mol. The van der Waals surface area contributed by atoms with Gasteiger partial charge in [-0.05, 0) is 74.1 Å². The minimum Gasteiger partial charge on any atom is -0.320 e. The average molecular weight is 504 g/mol. The lowest BCUT2D eigenvalue weighted by atomic mass is 10.0. The van der Waals surface area contributed by atoms with Gasteiger partial charge in [0.05, 0.1) is 18.3 Å². The Morgan fingerprint density at radius 1 is 0.973 bits per heavy atom. The zero-order valence-corrected chi connectivity index (χ0v) is 20.0. The number of hydrogen-bond donors (Lipinski definition) is 2. The number of amides is 1. The van der Waals surface area contributed by atoms with Gasteiger partial charge >= 0.3 is 0 Å². The Kier molecular flexibility index (Phi) is 7.59. The average Bonchev–Trinajstić information content (AvgIpc) is 2.91. The third-order valence-electron chi connectivity index (χ3n) is 5.79. The number of likely N-dealkylation sites (N-methyl/N-ethyl adjacent to an activating group) is 1. The first-order chi connectivity index (χ1) is 17.8. The highest BCUT2D eigenvalue weighted by Gasteiger charge is 2.17. The minimum atomic E-state index is -0.668. The van der Waals surface area contributed by atoms with Crippen molar-refractivity contribution in [3.8, 4) is 11.3 Å². The van der Waals surface area contributed by atoms with E-state index in [9.17, 15) is 23.2 Å². The lowest BCUT2D eigenvalue weighted by Crippen LogP contribution is -2.37. The van der Waals surface area contributed by atoms with Gasteiger partial charge in [-0.15, -0.1) is 0 Å². The monoisotopic (exact) mass is 503 g/mol. The number of carbonyl (C=O) groups excluding carboxylic acids is 2. The van der Waals surface area contributed by atoms with Crippen LogP contribution < -0.4 is 16.2 Å². The zero-order chi connectivity index (χ0) is 26.5. The van der Waals surface area contributed by atoms with E-state index in [1.54, 1.807) is 26.1 Å². The Labute approximate surface area is 211 Å². The van der Waals surface area contributed by atoms with E-state index in [2.05, 4.69) is 20.6 Å². The summed E-state index contributed by atoms with van der Waals surface area (Å²) in [6, 6.07) is 12.0. The molecule has 0 bridgehead atoms. The fourth-order valence-corrected chi connectivity index (χ4v) is 3.63. The predicted octanol–water partition coefficient (Wildman–Crippen LogP) is 3.41. The van der Waals surface area contributed by atoms with E-state index in [-0.39, 0.29) is 23.6 Å². The molecule has 3 heterocycles. The van der Waals surface area contributed by atoms with Gasteiger partial charge in [0.25, 0.3) is 5.56 Å². The van der Waals surface area contributed by atoms with Crippen molar-refractivity contribution in [2.45, 2.75) is 19.5 Å². The standard InChI is InChI=1S/C27H23F2N5O3/c1-16(30-2)26(36)33-22-8-9-23(19-5-10-24(29)32-14-19)34(27(22)37)15-17-11-20(13-31-12-17)25(35)18-3-6-21(28)7-4-18/h3-14,16,30H,15H2,1-2H3,(H,33,36). The molecule has 1 aromatic carbocycles.